The molecule has 0 aliphatic carbocycles. The van der Waals surface area contributed by atoms with Gasteiger partial charge < -0.3 is 15.0 Å². The summed E-state index contributed by atoms with van der Waals surface area (Å²) < 4.78 is 18.5. The minimum Gasteiger partial charge on any atom is -0.453 e. The number of nitrogens with zero attached hydrogens (tertiary/aromatic N) is 2. The van der Waals surface area contributed by atoms with Crippen molar-refractivity contribution in [1.82, 2.24) is 15.2 Å². The third kappa shape index (κ3) is 3.59. The zero-order chi connectivity index (χ0) is 16.2. The van der Waals surface area contributed by atoms with E-state index in [0.717, 1.165) is 35.9 Å². The Morgan fingerprint density at radius 1 is 1.52 bits per heavy atom. The maximum Gasteiger partial charge on any atom is 0.409 e. The van der Waals surface area contributed by atoms with E-state index in [9.17, 15) is 9.18 Å². The predicted molar refractivity (Wildman–Crippen MR) is 85.5 cm³/mol. The molecule has 0 radical (unpaired) electrons. The highest BCUT2D eigenvalue weighted by molar-refractivity contribution is 5.81. The van der Waals surface area contributed by atoms with Gasteiger partial charge in [0.05, 0.1) is 12.6 Å². The van der Waals surface area contributed by atoms with Crippen molar-refractivity contribution < 1.29 is 13.9 Å². The summed E-state index contributed by atoms with van der Waals surface area (Å²) in [6.07, 6.45) is 3.32. The van der Waals surface area contributed by atoms with E-state index in [0.29, 0.717) is 13.1 Å². The Morgan fingerprint density at radius 2 is 2.39 bits per heavy atom. The van der Waals surface area contributed by atoms with Crippen molar-refractivity contribution in [2.75, 3.05) is 20.2 Å². The van der Waals surface area contributed by atoms with Crippen molar-refractivity contribution in [3.63, 3.8) is 0 Å². The van der Waals surface area contributed by atoms with Crippen LogP contribution in [-0.4, -0.2) is 42.2 Å². The van der Waals surface area contributed by atoms with Crippen LogP contribution in [0.2, 0.25) is 0 Å². The van der Waals surface area contributed by atoms with Crippen LogP contribution in [0.5, 0.6) is 0 Å². The number of hydrogen-bond acceptors (Lipinski definition) is 4. The molecule has 1 aliphatic rings. The molecule has 1 amide bonds. The number of piperidine rings is 1. The van der Waals surface area contributed by atoms with Crippen LogP contribution in [0.1, 0.15) is 18.4 Å². The number of carbonyl (C=O) groups excluding carboxylic acids is 1. The number of methoxy groups -OCH3 is 1. The first kappa shape index (κ1) is 15.7. The van der Waals surface area contributed by atoms with Gasteiger partial charge in [-0.05, 0) is 36.6 Å². The second kappa shape index (κ2) is 6.91. The molecule has 1 aliphatic heterocycles. The number of pyridine rings is 1. The number of amides is 1. The van der Waals surface area contributed by atoms with E-state index in [1.165, 1.54) is 19.2 Å². The third-order valence-electron chi connectivity index (χ3n) is 4.18. The van der Waals surface area contributed by atoms with E-state index < -0.39 is 0 Å². The summed E-state index contributed by atoms with van der Waals surface area (Å²) in [6.45, 7) is 1.84. The average Bonchev–Trinajstić information content (AvgIpc) is 2.59. The zero-order valence-corrected chi connectivity index (χ0v) is 13.1. The summed E-state index contributed by atoms with van der Waals surface area (Å²) in [6, 6.07) is 6.84. The first-order valence-corrected chi connectivity index (χ1v) is 7.77. The van der Waals surface area contributed by atoms with Crippen LogP contribution in [0.3, 0.4) is 0 Å². The molecule has 23 heavy (non-hydrogen) atoms. The first-order valence-electron chi connectivity index (χ1n) is 7.77. The van der Waals surface area contributed by atoms with Crippen LogP contribution in [0, 0.1) is 5.82 Å². The van der Waals surface area contributed by atoms with Gasteiger partial charge in [0.15, 0.2) is 0 Å². The van der Waals surface area contributed by atoms with Crippen molar-refractivity contribution >= 4 is 17.0 Å². The van der Waals surface area contributed by atoms with Crippen molar-refractivity contribution in [3.05, 3.63) is 41.8 Å². The normalized spacial score (nSPS) is 18.2. The van der Waals surface area contributed by atoms with Gasteiger partial charge >= 0.3 is 6.09 Å². The van der Waals surface area contributed by atoms with E-state index in [-0.39, 0.29) is 18.0 Å². The molecule has 1 N–H and O–H groups in total. The van der Waals surface area contributed by atoms with Gasteiger partial charge in [0.1, 0.15) is 5.82 Å². The van der Waals surface area contributed by atoms with E-state index in [2.05, 4.69) is 10.3 Å². The Balaban J connectivity index is 1.70. The number of carbonyl (C=O) groups is 1. The molecule has 6 heteroatoms. The molecule has 1 aromatic heterocycles. The molecular formula is C17H20FN3O2. The summed E-state index contributed by atoms with van der Waals surface area (Å²) in [4.78, 5) is 17.7. The summed E-state index contributed by atoms with van der Waals surface area (Å²) in [5.74, 6) is -0.262. The molecule has 122 valence electrons. The van der Waals surface area contributed by atoms with Crippen molar-refractivity contribution in [2.45, 2.75) is 25.4 Å². The fraction of sp³-hybridized carbons (Fsp3) is 0.412. The lowest BCUT2D eigenvalue weighted by atomic mass is 10.0. The lowest BCUT2D eigenvalue weighted by Gasteiger charge is -2.32. The summed E-state index contributed by atoms with van der Waals surface area (Å²) in [5, 5.41) is 4.21. The standard InChI is InChI=1S/C17H20FN3O2/c1-23-17(22)21-7-3-5-15(11-21)20-10-13-9-14(18)8-12-4-2-6-19-16(12)13/h2,4,6,8-9,15,20H,3,5,7,10-11H2,1H3/t15-/m0/s1. The lowest BCUT2D eigenvalue weighted by Crippen LogP contribution is -2.47. The maximum absolute atomic E-state index is 13.8. The summed E-state index contributed by atoms with van der Waals surface area (Å²) in [7, 11) is 1.39. The molecule has 5 nitrogen and oxygen atoms in total. The van der Waals surface area contributed by atoms with E-state index in [1.54, 1.807) is 17.2 Å². The molecule has 2 heterocycles. The van der Waals surface area contributed by atoms with Gasteiger partial charge in [0.2, 0.25) is 0 Å². The number of aromatic nitrogens is 1. The molecule has 1 aromatic carbocycles. The number of benzene rings is 1. The number of likely N-dealkylation sites (tertiary alicyclic amines) is 1. The Kier molecular flexibility index (Phi) is 4.71. The second-order valence-corrected chi connectivity index (χ2v) is 5.78. The molecule has 0 saturated carbocycles. The number of hydrogen-bond donors (Lipinski definition) is 1. The Labute approximate surface area is 134 Å². The largest absolute Gasteiger partial charge is 0.453 e. The van der Waals surface area contributed by atoms with Gasteiger partial charge in [-0.1, -0.05) is 6.07 Å². The average molecular weight is 317 g/mol. The lowest BCUT2D eigenvalue weighted by molar-refractivity contribution is 0.107. The molecule has 0 unspecified atom stereocenters. The number of rotatable bonds is 3. The number of halogens is 1. The Hall–Kier alpha value is -2.21. The van der Waals surface area contributed by atoms with E-state index in [1.807, 2.05) is 6.07 Å². The molecular weight excluding hydrogens is 297 g/mol. The fourth-order valence-electron chi connectivity index (χ4n) is 3.06. The van der Waals surface area contributed by atoms with Gasteiger partial charge in [0, 0.05) is 37.3 Å². The number of nitrogens with one attached hydrogen (secondary N) is 1. The molecule has 1 fully saturated rings. The summed E-state index contributed by atoms with van der Waals surface area (Å²) in [5.41, 5.74) is 1.64. The van der Waals surface area contributed by atoms with Gasteiger partial charge in [0.25, 0.3) is 0 Å². The SMILES string of the molecule is COC(=O)N1CCC[C@H](NCc2cc(F)cc3cccnc23)C1. The van der Waals surface area contributed by atoms with Crippen LogP contribution in [-0.2, 0) is 11.3 Å². The van der Waals surface area contributed by atoms with Crippen LogP contribution < -0.4 is 5.32 Å². The second-order valence-electron chi connectivity index (χ2n) is 5.78. The molecule has 1 saturated heterocycles. The highest BCUT2D eigenvalue weighted by atomic mass is 19.1. The predicted octanol–water partition coefficient (Wildman–Crippen LogP) is 2.69. The minimum absolute atomic E-state index is 0.171. The molecule has 3 rings (SSSR count). The Morgan fingerprint density at radius 3 is 3.22 bits per heavy atom. The smallest absolute Gasteiger partial charge is 0.409 e. The van der Waals surface area contributed by atoms with Crippen LogP contribution >= 0.6 is 0 Å². The topological polar surface area (TPSA) is 54.5 Å². The quantitative estimate of drug-likeness (QED) is 0.946. The number of ether oxygens (including phenoxy) is 1. The molecule has 2 aromatic rings. The van der Waals surface area contributed by atoms with Crippen LogP contribution in [0.25, 0.3) is 10.9 Å². The molecule has 0 spiro atoms. The maximum atomic E-state index is 13.8. The highest BCUT2D eigenvalue weighted by Crippen LogP contribution is 2.19. The van der Waals surface area contributed by atoms with Crippen molar-refractivity contribution in [1.29, 1.82) is 0 Å². The minimum atomic E-state index is -0.297. The fourth-order valence-corrected chi connectivity index (χ4v) is 3.06. The van der Waals surface area contributed by atoms with E-state index >= 15 is 0 Å². The van der Waals surface area contributed by atoms with Crippen molar-refractivity contribution in [3.8, 4) is 0 Å². The van der Waals surface area contributed by atoms with Gasteiger partial charge in [-0.25, -0.2) is 9.18 Å². The summed E-state index contributed by atoms with van der Waals surface area (Å²) >= 11 is 0. The third-order valence-corrected chi connectivity index (χ3v) is 4.18. The highest BCUT2D eigenvalue weighted by Gasteiger charge is 2.23. The zero-order valence-electron chi connectivity index (χ0n) is 13.1. The first-order chi connectivity index (χ1) is 11.2. The molecule has 0 bridgehead atoms. The van der Waals surface area contributed by atoms with E-state index in [4.69, 9.17) is 4.74 Å². The van der Waals surface area contributed by atoms with Gasteiger partial charge in [-0.15, -0.1) is 0 Å². The Bertz CT molecular complexity index is 707. The number of fused-ring (bicyclic) bond motifs is 1. The molecule has 1 atom stereocenters. The van der Waals surface area contributed by atoms with Crippen LogP contribution in [0.4, 0.5) is 9.18 Å². The van der Waals surface area contributed by atoms with Crippen LogP contribution in [0.15, 0.2) is 30.5 Å². The monoisotopic (exact) mass is 317 g/mol. The van der Waals surface area contributed by atoms with Crippen molar-refractivity contribution in [2.24, 2.45) is 0 Å². The van der Waals surface area contributed by atoms with Gasteiger partial charge in [-0.2, -0.15) is 0 Å². The van der Waals surface area contributed by atoms with Gasteiger partial charge in [-0.3, -0.25) is 4.98 Å².